The van der Waals surface area contributed by atoms with E-state index in [9.17, 15) is 0 Å². The van der Waals surface area contributed by atoms with Crippen LogP contribution in [0.25, 0.3) is 0 Å². The maximum atomic E-state index is 5.24. The molecule has 0 amide bonds. The highest BCUT2D eigenvalue weighted by Gasteiger charge is 2.05. The summed E-state index contributed by atoms with van der Waals surface area (Å²) in [5.74, 6) is 0.805. The van der Waals surface area contributed by atoms with Gasteiger partial charge in [-0.2, -0.15) is 0 Å². The van der Waals surface area contributed by atoms with Gasteiger partial charge in [-0.1, -0.05) is 18.7 Å². The Hall–Kier alpha value is -0.750. The van der Waals surface area contributed by atoms with Gasteiger partial charge in [0, 0.05) is 10.7 Å². The van der Waals surface area contributed by atoms with E-state index in [1.165, 1.54) is 11.8 Å². The minimum Gasteiger partial charge on any atom is -1.00 e. The summed E-state index contributed by atoms with van der Waals surface area (Å²) in [6.07, 6.45) is 3.51. The van der Waals surface area contributed by atoms with Crippen molar-refractivity contribution in [2.45, 2.75) is 0 Å². The van der Waals surface area contributed by atoms with Gasteiger partial charge in [0.2, 0.25) is 0 Å². The second-order valence-electron chi connectivity index (χ2n) is 2.11. The SMILES string of the molecule is C=CC[NH+]=C(N=C(N)N)SCC=C.[Br-]. The molecule has 0 aliphatic rings. The summed E-state index contributed by atoms with van der Waals surface area (Å²) in [6.45, 7) is 7.81. The number of nitrogens with two attached hydrogens (primary N) is 2. The zero-order valence-electron chi connectivity index (χ0n) is 7.87. The van der Waals surface area contributed by atoms with Crippen LogP contribution in [0.4, 0.5) is 0 Å². The minimum absolute atomic E-state index is 0. The van der Waals surface area contributed by atoms with Crippen LogP contribution in [0.5, 0.6) is 0 Å². The molecule has 0 bridgehead atoms. The molecular weight excluding hydrogens is 264 g/mol. The van der Waals surface area contributed by atoms with Crippen LogP contribution in [0.3, 0.4) is 0 Å². The maximum absolute atomic E-state index is 5.24. The van der Waals surface area contributed by atoms with Crippen molar-refractivity contribution in [3.63, 3.8) is 0 Å². The molecule has 0 aliphatic carbocycles. The van der Waals surface area contributed by atoms with Gasteiger partial charge in [0.1, 0.15) is 6.54 Å². The molecule has 5 N–H and O–H groups in total. The monoisotopic (exact) mass is 278 g/mol. The Morgan fingerprint density at radius 1 is 1.36 bits per heavy atom. The number of nitrogens with zero attached hydrogens (tertiary/aromatic N) is 1. The number of halogens is 1. The van der Waals surface area contributed by atoms with Crippen LogP contribution in [0.2, 0.25) is 0 Å². The first-order chi connectivity index (χ1) is 6.20. The molecule has 0 heterocycles. The Balaban J connectivity index is 0. The lowest BCUT2D eigenvalue weighted by Gasteiger charge is -1.89. The maximum Gasteiger partial charge on any atom is 0.357 e. The molecule has 0 spiro atoms. The molecule has 0 saturated carbocycles. The summed E-state index contributed by atoms with van der Waals surface area (Å²) in [5, 5.41) is 0.680. The quantitative estimate of drug-likeness (QED) is 0.277. The van der Waals surface area contributed by atoms with Crippen molar-refractivity contribution in [2.75, 3.05) is 12.3 Å². The van der Waals surface area contributed by atoms with Gasteiger partial charge < -0.3 is 28.4 Å². The molecule has 14 heavy (non-hydrogen) atoms. The predicted octanol–water partition coefficient (Wildman–Crippen LogP) is -4.19. The fraction of sp³-hybridized carbons (Fsp3) is 0.250. The van der Waals surface area contributed by atoms with Crippen molar-refractivity contribution in [3.8, 4) is 0 Å². The average molecular weight is 279 g/mol. The molecule has 0 aromatic carbocycles. The van der Waals surface area contributed by atoms with Crippen LogP contribution in [-0.4, -0.2) is 23.4 Å². The molecule has 0 aromatic heterocycles. The summed E-state index contributed by atoms with van der Waals surface area (Å²) < 4.78 is 0. The van der Waals surface area contributed by atoms with Gasteiger partial charge in [-0.3, -0.25) is 4.99 Å². The molecule has 4 nitrogen and oxygen atoms in total. The number of amidine groups is 1. The van der Waals surface area contributed by atoms with E-state index in [0.717, 1.165) is 5.75 Å². The Bertz CT molecular complexity index is 233. The molecule has 80 valence electrons. The van der Waals surface area contributed by atoms with E-state index in [0.29, 0.717) is 11.7 Å². The molecule has 6 heteroatoms. The Morgan fingerprint density at radius 3 is 2.43 bits per heavy atom. The van der Waals surface area contributed by atoms with Crippen LogP contribution < -0.4 is 33.4 Å². The van der Waals surface area contributed by atoms with Gasteiger partial charge in [0.15, 0.2) is 0 Å². The second kappa shape index (κ2) is 10.3. The van der Waals surface area contributed by atoms with Crippen LogP contribution >= 0.6 is 11.8 Å². The fourth-order valence-electron chi connectivity index (χ4n) is 0.537. The van der Waals surface area contributed by atoms with Crippen LogP contribution in [0.15, 0.2) is 30.3 Å². The van der Waals surface area contributed by atoms with Crippen molar-refractivity contribution in [1.82, 2.24) is 0 Å². The summed E-state index contributed by atoms with van der Waals surface area (Å²) in [6, 6.07) is 0. The fourth-order valence-corrected chi connectivity index (χ4v) is 1.17. The second-order valence-corrected chi connectivity index (χ2v) is 3.12. The third-order valence-corrected chi connectivity index (χ3v) is 1.88. The van der Waals surface area contributed by atoms with Crippen molar-refractivity contribution in [1.29, 1.82) is 0 Å². The van der Waals surface area contributed by atoms with Crippen LogP contribution in [0.1, 0.15) is 0 Å². The Morgan fingerprint density at radius 2 is 2.00 bits per heavy atom. The van der Waals surface area contributed by atoms with E-state index in [1.807, 2.05) is 0 Å². The number of rotatable bonds is 4. The number of aliphatic imine (C=N–C) groups is 1. The average Bonchev–Trinajstić information content (AvgIpc) is 2.09. The molecule has 0 aromatic rings. The number of nitrogens with one attached hydrogen (secondary N) is 1. The van der Waals surface area contributed by atoms with Crippen molar-refractivity contribution in [3.05, 3.63) is 25.3 Å². The lowest BCUT2D eigenvalue weighted by atomic mass is 10.7. The zero-order chi connectivity index (χ0) is 10.1. The van der Waals surface area contributed by atoms with Gasteiger partial charge >= 0.3 is 11.1 Å². The standard InChI is InChI=1S/C8H14N4S.BrH/c1-3-5-11-8(12-7(9)10)13-6-4-2;/h3-4H,1-2,5-6H2,(H4,9,10,11,12);1H. The first-order valence-electron chi connectivity index (χ1n) is 3.75. The van der Waals surface area contributed by atoms with E-state index >= 15 is 0 Å². The van der Waals surface area contributed by atoms with Gasteiger partial charge in [-0.05, 0) is 11.8 Å². The minimum atomic E-state index is 0. The third-order valence-electron chi connectivity index (χ3n) is 0.966. The molecule has 0 saturated heterocycles. The highest BCUT2D eigenvalue weighted by molar-refractivity contribution is 8.13. The van der Waals surface area contributed by atoms with Crippen molar-refractivity contribution >= 4 is 22.9 Å². The summed E-state index contributed by atoms with van der Waals surface area (Å²) in [4.78, 5) is 6.90. The van der Waals surface area contributed by atoms with Crippen molar-refractivity contribution in [2.24, 2.45) is 16.5 Å². The first-order valence-corrected chi connectivity index (χ1v) is 4.74. The Labute approximate surface area is 99.0 Å². The molecule has 0 atom stereocenters. The van der Waals surface area contributed by atoms with Crippen LogP contribution in [0, 0.1) is 0 Å². The largest absolute Gasteiger partial charge is 1.00 e. The zero-order valence-corrected chi connectivity index (χ0v) is 10.3. The van der Waals surface area contributed by atoms with Gasteiger partial charge in [-0.15, -0.1) is 6.58 Å². The Kier molecular flexibility index (Phi) is 11.6. The number of guanidine groups is 1. The summed E-state index contributed by atoms with van der Waals surface area (Å²) >= 11 is 1.48. The number of hydrogen-bond donors (Lipinski definition) is 3. The highest BCUT2D eigenvalue weighted by Crippen LogP contribution is 1.99. The van der Waals surface area contributed by atoms with E-state index < -0.39 is 0 Å². The molecule has 0 fully saturated rings. The molecule has 0 unspecified atom stereocenters. The van der Waals surface area contributed by atoms with Crippen molar-refractivity contribution < 1.29 is 22.0 Å². The predicted molar refractivity (Wildman–Crippen MR) is 59.5 cm³/mol. The normalized spacial score (nSPS) is 9.86. The van der Waals surface area contributed by atoms with E-state index in [2.05, 4.69) is 23.1 Å². The lowest BCUT2D eigenvalue weighted by Crippen LogP contribution is -3.00. The summed E-state index contributed by atoms with van der Waals surface area (Å²) in [7, 11) is 0. The molecule has 0 aliphatic heterocycles. The molecule has 0 radical (unpaired) electrons. The van der Waals surface area contributed by atoms with Gasteiger partial charge in [-0.25, -0.2) is 0 Å². The van der Waals surface area contributed by atoms with E-state index in [1.54, 1.807) is 12.2 Å². The summed E-state index contributed by atoms with van der Waals surface area (Å²) in [5.41, 5.74) is 10.5. The van der Waals surface area contributed by atoms with Gasteiger partial charge in [0.25, 0.3) is 0 Å². The number of thioether (sulfide) groups is 1. The molecular formula is C8H15BrN4S. The van der Waals surface area contributed by atoms with Crippen LogP contribution in [-0.2, 0) is 0 Å². The highest BCUT2D eigenvalue weighted by atomic mass is 79.9. The van der Waals surface area contributed by atoms with E-state index in [4.69, 9.17) is 11.5 Å². The van der Waals surface area contributed by atoms with Gasteiger partial charge in [0.05, 0.1) is 0 Å². The number of hydrogen-bond acceptors (Lipinski definition) is 1. The smallest absolute Gasteiger partial charge is 0.357 e. The third kappa shape index (κ3) is 9.34. The lowest BCUT2D eigenvalue weighted by molar-refractivity contribution is -0.441. The first kappa shape index (κ1) is 15.7. The molecule has 0 rings (SSSR count). The topological polar surface area (TPSA) is 78.4 Å². The van der Waals surface area contributed by atoms with E-state index in [-0.39, 0.29) is 22.9 Å².